The molecule has 1 amide bonds. The van der Waals surface area contributed by atoms with Gasteiger partial charge in [-0.3, -0.25) is 9.36 Å². The molecule has 0 fully saturated rings. The van der Waals surface area contributed by atoms with Gasteiger partial charge in [0.15, 0.2) is 0 Å². The normalized spacial score (nSPS) is 11.8. The van der Waals surface area contributed by atoms with Crippen LogP contribution >= 0.6 is 11.3 Å². The molecule has 0 atom stereocenters. The highest BCUT2D eigenvalue weighted by atomic mass is 32.1. The summed E-state index contributed by atoms with van der Waals surface area (Å²) in [6.45, 7) is 0.765. The number of thiazole rings is 1. The molecule has 10 heteroatoms. The number of carbonyl (C=O) groups is 1. The summed E-state index contributed by atoms with van der Waals surface area (Å²) >= 11 is 1.45. The second-order valence-corrected chi connectivity index (χ2v) is 6.73. The summed E-state index contributed by atoms with van der Waals surface area (Å²) in [7, 11) is 0. The molecule has 0 saturated carbocycles. The Kier molecular flexibility index (Phi) is 4.38. The average Bonchev–Trinajstić information content (AvgIpc) is 3.07. The van der Waals surface area contributed by atoms with Gasteiger partial charge >= 0.3 is 11.9 Å². The molecule has 0 spiro atoms. The molecule has 6 nitrogen and oxygen atoms in total. The predicted octanol–water partition coefficient (Wildman–Crippen LogP) is 2.59. The number of aromatic amines is 1. The molecule has 1 aromatic carbocycles. The Morgan fingerprint density at radius 2 is 2.16 bits per heavy atom. The van der Waals surface area contributed by atoms with Crippen LogP contribution in [0.3, 0.4) is 0 Å². The van der Waals surface area contributed by atoms with Crippen LogP contribution in [0.15, 0.2) is 29.2 Å². The first kappa shape index (κ1) is 17.2. The molecule has 0 aliphatic heterocycles. The van der Waals surface area contributed by atoms with Crippen LogP contribution in [0.5, 0.6) is 0 Å². The number of hydrogen-bond donors (Lipinski definition) is 2. The topological polar surface area (TPSA) is 79.8 Å². The van der Waals surface area contributed by atoms with Gasteiger partial charge in [-0.1, -0.05) is 0 Å². The summed E-state index contributed by atoms with van der Waals surface area (Å²) in [5.74, 6) is -0.404. The molecule has 0 saturated heterocycles. The number of benzene rings is 1. The zero-order chi connectivity index (χ0) is 18.2. The maximum atomic E-state index is 12.6. The van der Waals surface area contributed by atoms with Gasteiger partial charge in [-0.05, 0) is 25.1 Å². The zero-order valence-electron chi connectivity index (χ0n) is 13.0. The number of fused-ring (bicyclic) bond motifs is 1. The van der Waals surface area contributed by atoms with Crippen LogP contribution in [0.4, 0.5) is 13.2 Å². The molecule has 0 aliphatic carbocycles. The lowest BCUT2D eigenvalue weighted by molar-refractivity contribution is -0.140. The van der Waals surface area contributed by atoms with E-state index < -0.39 is 24.3 Å². The second-order valence-electron chi connectivity index (χ2n) is 5.41. The number of rotatable bonds is 4. The van der Waals surface area contributed by atoms with Crippen molar-refractivity contribution in [1.82, 2.24) is 19.9 Å². The number of imidazole rings is 1. The first-order valence-corrected chi connectivity index (χ1v) is 8.03. The highest BCUT2D eigenvalue weighted by Gasteiger charge is 2.29. The fourth-order valence-corrected chi connectivity index (χ4v) is 3.11. The van der Waals surface area contributed by atoms with Gasteiger partial charge in [0.05, 0.1) is 17.6 Å². The van der Waals surface area contributed by atoms with Gasteiger partial charge in [0.1, 0.15) is 11.6 Å². The molecule has 2 aromatic heterocycles. The quantitative estimate of drug-likeness (QED) is 0.741. The summed E-state index contributed by atoms with van der Waals surface area (Å²) < 4.78 is 38.3. The molecule has 25 heavy (non-hydrogen) atoms. The average molecular weight is 370 g/mol. The van der Waals surface area contributed by atoms with Crippen LogP contribution in [0.25, 0.3) is 11.0 Å². The van der Waals surface area contributed by atoms with E-state index in [-0.39, 0.29) is 23.1 Å². The fraction of sp³-hybridized carbons (Fsp3) is 0.267. The summed E-state index contributed by atoms with van der Waals surface area (Å²) in [5.41, 5.74) is -0.370. The minimum Gasteiger partial charge on any atom is -0.346 e. The third kappa shape index (κ3) is 3.90. The van der Waals surface area contributed by atoms with Gasteiger partial charge in [0.2, 0.25) is 0 Å². The van der Waals surface area contributed by atoms with Gasteiger partial charge in [-0.25, -0.2) is 9.78 Å². The predicted molar refractivity (Wildman–Crippen MR) is 86.6 cm³/mol. The van der Waals surface area contributed by atoms with E-state index in [0.29, 0.717) is 4.57 Å². The number of nitrogens with zero attached hydrogens (tertiary/aromatic N) is 2. The summed E-state index contributed by atoms with van der Waals surface area (Å²) in [6.07, 6.45) is -2.81. The first-order valence-electron chi connectivity index (χ1n) is 7.22. The van der Waals surface area contributed by atoms with Crippen LogP contribution in [0, 0.1) is 6.92 Å². The summed E-state index contributed by atoms with van der Waals surface area (Å²) in [5, 5.41) is 3.43. The van der Waals surface area contributed by atoms with E-state index in [1.54, 1.807) is 6.20 Å². The highest BCUT2D eigenvalue weighted by Crippen LogP contribution is 2.20. The smallest absolute Gasteiger partial charge is 0.346 e. The van der Waals surface area contributed by atoms with Crippen LogP contribution in [0.1, 0.15) is 20.2 Å². The van der Waals surface area contributed by atoms with Crippen LogP contribution in [0.2, 0.25) is 0 Å². The standard InChI is InChI=1S/C15H13F3N4O2S/c1-8-5-19-12(25-8)6-20-13(23)9-2-3-11-10(4-9)21-14(24)22(11)7-15(16,17)18/h2-5H,6-7H2,1H3,(H,20,23)(H,21,24). The number of aryl methyl sites for hydroxylation is 1. The molecule has 0 aliphatic rings. The van der Waals surface area contributed by atoms with Crippen molar-refractivity contribution in [3.63, 3.8) is 0 Å². The molecular weight excluding hydrogens is 357 g/mol. The number of carbonyl (C=O) groups excluding carboxylic acids is 1. The third-order valence-corrected chi connectivity index (χ3v) is 4.36. The van der Waals surface area contributed by atoms with Crippen molar-refractivity contribution in [3.05, 3.63) is 50.3 Å². The third-order valence-electron chi connectivity index (χ3n) is 3.44. The van der Waals surface area contributed by atoms with E-state index in [1.807, 2.05) is 6.92 Å². The van der Waals surface area contributed by atoms with Crippen molar-refractivity contribution in [2.45, 2.75) is 26.2 Å². The Morgan fingerprint density at radius 3 is 2.80 bits per heavy atom. The largest absolute Gasteiger partial charge is 0.406 e. The lowest BCUT2D eigenvalue weighted by atomic mass is 10.2. The Balaban J connectivity index is 1.81. The van der Waals surface area contributed by atoms with Crippen molar-refractivity contribution >= 4 is 28.3 Å². The Hall–Kier alpha value is -2.62. The lowest BCUT2D eigenvalue weighted by Gasteiger charge is -2.07. The zero-order valence-corrected chi connectivity index (χ0v) is 13.8. The molecule has 0 radical (unpaired) electrons. The number of amides is 1. The van der Waals surface area contributed by atoms with Gasteiger partial charge in [0, 0.05) is 16.6 Å². The van der Waals surface area contributed by atoms with E-state index >= 15 is 0 Å². The maximum Gasteiger partial charge on any atom is 0.406 e. The first-order chi connectivity index (χ1) is 11.7. The van der Waals surface area contributed by atoms with E-state index in [9.17, 15) is 22.8 Å². The van der Waals surface area contributed by atoms with E-state index in [0.717, 1.165) is 9.88 Å². The molecule has 0 unspecified atom stereocenters. The number of hydrogen-bond acceptors (Lipinski definition) is 4. The molecule has 0 bridgehead atoms. The minimum atomic E-state index is -4.51. The molecule has 2 heterocycles. The summed E-state index contributed by atoms with van der Waals surface area (Å²) in [4.78, 5) is 31.4. The Labute approximate surface area is 143 Å². The summed E-state index contributed by atoms with van der Waals surface area (Å²) in [6, 6.07) is 4.05. The van der Waals surface area contributed by atoms with Gasteiger partial charge in [0.25, 0.3) is 5.91 Å². The highest BCUT2D eigenvalue weighted by molar-refractivity contribution is 7.11. The molecule has 3 rings (SSSR count). The minimum absolute atomic E-state index is 0.0921. The van der Waals surface area contributed by atoms with Crippen molar-refractivity contribution < 1.29 is 18.0 Å². The number of alkyl halides is 3. The molecule has 2 N–H and O–H groups in total. The maximum absolute atomic E-state index is 12.6. The molecule has 132 valence electrons. The van der Waals surface area contributed by atoms with Crippen LogP contribution in [-0.2, 0) is 13.1 Å². The van der Waals surface area contributed by atoms with Gasteiger partial charge in [-0.15, -0.1) is 11.3 Å². The molecular formula is C15H13F3N4O2S. The van der Waals surface area contributed by atoms with E-state index in [4.69, 9.17) is 0 Å². The Morgan fingerprint density at radius 1 is 1.40 bits per heavy atom. The van der Waals surface area contributed by atoms with Crippen molar-refractivity contribution in [3.8, 4) is 0 Å². The fourth-order valence-electron chi connectivity index (χ4n) is 2.38. The van der Waals surface area contributed by atoms with Crippen molar-refractivity contribution in [2.75, 3.05) is 0 Å². The van der Waals surface area contributed by atoms with Gasteiger partial charge < -0.3 is 10.3 Å². The van der Waals surface area contributed by atoms with Crippen LogP contribution < -0.4 is 11.0 Å². The lowest BCUT2D eigenvalue weighted by Crippen LogP contribution is -2.26. The SMILES string of the molecule is Cc1cnc(CNC(=O)c2ccc3c(c2)[nH]c(=O)n3CC(F)(F)F)s1. The van der Waals surface area contributed by atoms with Crippen LogP contribution in [-0.4, -0.2) is 26.6 Å². The monoisotopic (exact) mass is 370 g/mol. The van der Waals surface area contributed by atoms with Crippen molar-refractivity contribution in [1.29, 1.82) is 0 Å². The van der Waals surface area contributed by atoms with E-state index in [2.05, 4.69) is 15.3 Å². The number of nitrogens with one attached hydrogen (secondary N) is 2. The number of aromatic nitrogens is 3. The van der Waals surface area contributed by atoms with E-state index in [1.165, 1.54) is 29.5 Å². The van der Waals surface area contributed by atoms with Crippen molar-refractivity contribution in [2.24, 2.45) is 0 Å². The Bertz CT molecular complexity index is 987. The number of H-pyrrole nitrogens is 1. The van der Waals surface area contributed by atoms with Gasteiger partial charge in [-0.2, -0.15) is 13.2 Å². The molecule has 3 aromatic rings. The number of halogens is 3. The second kappa shape index (κ2) is 6.36.